The molecule has 0 heterocycles. The molecule has 2 aromatic carbocycles. The maximum absolute atomic E-state index is 10.9. The first kappa shape index (κ1) is 15.2. The lowest BCUT2D eigenvalue weighted by Gasteiger charge is -2.28. The Morgan fingerprint density at radius 3 is 2.57 bits per heavy atom. The van der Waals surface area contributed by atoms with Crippen LogP contribution in [0.3, 0.4) is 0 Å². The van der Waals surface area contributed by atoms with Gasteiger partial charge in [0.05, 0.1) is 23.0 Å². The lowest BCUT2D eigenvalue weighted by molar-refractivity contribution is 0.0697. The van der Waals surface area contributed by atoms with Crippen LogP contribution >= 0.6 is 11.6 Å². The zero-order chi connectivity index (χ0) is 15.6. The minimum Gasteiger partial charge on any atom is -0.478 e. The molecule has 1 unspecified atom stereocenters. The molecule has 0 aliphatic carbocycles. The summed E-state index contributed by atoms with van der Waals surface area (Å²) in [6, 6.07) is 12.4. The van der Waals surface area contributed by atoms with E-state index in [1.165, 1.54) is 6.07 Å². The molecule has 5 heteroatoms. The standard InChI is InChI=1S/C16H17ClN2O2/c1-10(11-4-3-5-13(17)8-11)19(2)15-7-6-12(16(20)21)9-14(15)18/h3-10H,18H2,1-2H3,(H,20,21). The van der Waals surface area contributed by atoms with Gasteiger partial charge in [0.25, 0.3) is 0 Å². The molecule has 0 aliphatic rings. The van der Waals surface area contributed by atoms with Crippen molar-refractivity contribution in [1.29, 1.82) is 0 Å². The van der Waals surface area contributed by atoms with Crippen LogP contribution in [0.5, 0.6) is 0 Å². The average molecular weight is 305 g/mol. The molecule has 0 amide bonds. The highest BCUT2D eigenvalue weighted by Crippen LogP contribution is 2.31. The summed E-state index contributed by atoms with van der Waals surface area (Å²) in [6.07, 6.45) is 0. The molecule has 0 saturated heterocycles. The smallest absolute Gasteiger partial charge is 0.335 e. The highest BCUT2D eigenvalue weighted by atomic mass is 35.5. The van der Waals surface area contributed by atoms with Crippen LogP contribution in [0.1, 0.15) is 28.9 Å². The molecule has 0 aromatic heterocycles. The van der Waals surface area contributed by atoms with Crippen LogP contribution in [-0.4, -0.2) is 18.1 Å². The predicted octanol–water partition coefficient (Wildman–Crippen LogP) is 3.82. The molecule has 21 heavy (non-hydrogen) atoms. The second-order valence-corrected chi connectivity index (χ2v) is 5.36. The number of nitrogens with zero attached hydrogens (tertiary/aromatic N) is 1. The highest BCUT2D eigenvalue weighted by molar-refractivity contribution is 6.30. The number of nitrogens with two attached hydrogens (primary N) is 1. The van der Waals surface area contributed by atoms with Gasteiger partial charge in [0.2, 0.25) is 0 Å². The third-order valence-electron chi connectivity index (χ3n) is 3.57. The molecular formula is C16H17ClN2O2. The lowest BCUT2D eigenvalue weighted by Crippen LogP contribution is -2.22. The number of aromatic carboxylic acids is 1. The summed E-state index contributed by atoms with van der Waals surface area (Å²) >= 11 is 6.02. The number of hydrogen-bond donors (Lipinski definition) is 2. The number of carboxylic acids is 1. The number of benzene rings is 2. The van der Waals surface area contributed by atoms with E-state index < -0.39 is 5.97 Å². The van der Waals surface area contributed by atoms with Crippen LogP contribution in [0.2, 0.25) is 5.02 Å². The third kappa shape index (κ3) is 3.28. The topological polar surface area (TPSA) is 66.6 Å². The van der Waals surface area contributed by atoms with Gasteiger partial charge in [-0.15, -0.1) is 0 Å². The number of nitrogen functional groups attached to an aromatic ring is 1. The molecule has 3 N–H and O–H groups in total. The van der Waals surface area contributed by atoms with Crippen molar-refractivity contribution in [2.75, 3.05) is 17.7 Å². The van der Waals surface area contributed by atoms with Gasteiger partial charge in [0.1, 0.15) is 0 Å². The van der Waals surface area contributed by atoms with Crippen molar-refractivity contribution in [2.24, 2.45) is 0 Å². The molecule has 110 valence electrons. The monoisotopic (exact) mass is 304 g/mol. The number of rotatable bonds is 4. The lowest BCUT2D eigenvalue weighted by atomic mass is 10.1. The fourth-order valence-electron chi connectivity index (χ4n) is 2.21. The maximum Gasteiger partial charge on any atom is 0.335 e. The Kier molecular flexibility index (Phi) is 4.38. The first-order valence-electron chi connectivity index (χ1n) is 6.51. The fourth-order valence-corrected chi connectivity index (χ4v) is 2.41. The third-order valence-corrected chi connectivity index (χ3v) is 3.80. The van der Waals surface area contributed by atoms with Crippen molar-refractivity contribution in [3.8, 4) is 0 Å². The van der Waals surface area contributed by atoms with Crippen LogP contribution in [0.25, 0.3) is 0 Å². The summed E-state index contributed by atoms with van der Waals surface area (Å²) < 4.78 is 0. The number of carbonyl (C=O) groups is 1. The molecule has 0 aliphatic heterocycles. The van der Waals surface area contributed by atoms with E-state index in [1.807, 2.05) is 43.1 Å². The Labute approximate surface area is 128 Å². The van der Waals surface area contributed by atoms with E-state index in [0.29, 0.717) is 10.7 Å². The van der Waals surface area contributed by atoms with E-state index in [-0.39, 0.29) is 11.6 Å². The zero-order valence-electron chi connectivity index (χ0n) is 11.9. The first-order valence-corrected chi connectivity index (χ1v) is 6.89. The minimum absolute atomic E-state index is 0.0571. The molecule has 0 bridgehead atoms. The summed E-state index contributed by atoms with van der Waals surface area (Å²) in [5.74, 6) is -0.987. The second-order valence-electron chi connectivity index (χ2n) is 4.92. The Morgan fingerprint density at radius 1 is 1.29 bits per heavy atom. The van der Waals surface area contributed by atoms with Crippen LogP contribution in [0, 0.1) is 0 Å². The van der Waals surface area contributed by atoms with Gasteiger partial charge in [0, 0.05) is 12.1 Å². The van der Waals surface area contributed by atoms with Crippen molar-refractivity contribution in [2.45, 2.75) is 13.0 Å². The predicted molar refractivity (Wildman–Crippen MR) is 86.1 cm³/mol. The Hall–Kier alpha value is -2.20. The van der Waals surface area contributed by atoms with E-state index in [9.17, 15) is 4.79 Å². The van der Waals surface area contributed by atoms with Gasteiger partial charge < -0.3 is 15.7 Å². The summed E-state index contributed by atoms with van der Waals surface area (Å²) in [5.41, 5.74) is 8.44. The molecule has 0 fully saturated rings. The van der Waals surface area contributed by atoms with Gasteiger partial charge in [-0.3, -0.25) is 0 Å². The molecule has 1 atom stereocenters. The second kappa shape index (κ2) is 6.06. The molecular weight excluding hydrogens is 288 g/mol. The van der Waals surface area contributed by atoms with Crippen LogP contribution in [0.4, 0.5) is 11.4 Å². The molecule has 2 aromatic rings. The van der Waals surface area contributed by atoms with E-state index >= 15 is 0 Å². The van der Waals surface area contributed by atoms with Crippen molar-refractivity contribution in [1.82, 2.24) is 0 Å². The SMILES string of the molecule is CC(c1cccc(Cl)c1)N(C)c1ccc(C(=O)O)cc1N. The van der Waals surface area contributed by atoms with Crippen molar-refractivity contribution in [3.05, 3.63) is 58.6 Å². The quantitative estimate of drug-likeness (QED) is 0.843. The zero-order valence-corrected chi connectivity index (χ0v) is 12.6. The van der Waals surface area contributed by atoms with E-state index in [0.717, 1.165) is 11.3 Å². The normalized spacial score (nSPS) is 12.0. The fraction of sp³-hybridized carbons (Fsp3) is 0.188. The van der Waals surface area contributed by atoms with Crippen LogP contribution < -0.4 is 10.6 Å². The maximum atomic E-state index is 10.9. The van der Waals surface area contributed by atoms with Gasteiger partial charge in [-0.05, 0) is 42.8 Å². The summed E-state index contributed by atoms with van der Waals surface area (Å²) in [4.78, 5) is 12.9. The molecule has 0 spiro atoms. The largest absolute Gasteiger partial charge is 0.478 e. The molecule has 4 nitrogen and oxygen atoms in total. The Balaban J connectivity index is 2.31. The minimum atomic E-state index is -0.987. The Morgan fingerprint density at radius 2 is 2.00 bits per heavy atom. The highest BCUT2D eigenvalue weighted by Gasteiger charge is 2.16. The van der Waals surface area contributed by atoms with Crippen molar-refractivity contribution < 1.29 is 9.90 Å². The number of carboxylic acid groups (broad SMARTS) is 1. The van der Waals surface area contributed by atoms with E-state index in [1.54, 1.807) is 12.1 Å². The summed E-state index contributed by atoms with van der Waals surface area (Å²) in [7, 11) is 1.91. The number of halogens is 1. The number of hydrogen-bond acceptors (Lipinski definition) is 3. The Bertz CT molecular complexity index is 673. The van der Waals surface area contributed by atoms with Gasteiger partial charge in [-0.2, -0.15) is 0 Å². The first-order chi connectivity index (χ1) is 9.90. The summed E-state index contributed by atoms with van der Waals surface area (Å²) in [6.45, 7) is 2.04. The van der Waals surface area contributed by atoms with Gasteiger partial charge >= 0.3 is 5.97 Å². The van der Waals surface area contributed by atoms with Gasteiger partial charge in [0.15, 0.2) is 0 Å². The van der Waals surface area contributed by atoms with Crippen LogP contribution in [-0.2, 0) is 0 Å². The van der Waals surface area contributed by atoms with Gasteiger partial charge in [-0.25, -0.2) is 4.79 Å². The van der Waals surface area contributed by atoms with Crippen molar-refractivity contribution in [3.63, 3.8) is 0 Å². The van der Waals surface area contributed by atoms with Crippen LogP contribution in [0.15, 0.2) is 42.5 Å². The van der Waals surface area contributed by atoms with E-state index in [4.69, 9.17) is 22.4 Å². The molecule has 2 rings (SSSR count). The molecule has 0 saturated carbocycles. The van der Waals surface area contributed by atoms with Gasteiger partial charge in [-0.1, -0.05) is 23.7 Å². The van der Waals surface area contributed by atoms with Crippen molar-refractivity contribution >= 4 is 28.9 Å². The molecule has 0 radical (unpaired) electrons. The van der Waals surface area contributed by atoms with E-state index in [2.05, 4.69) is 0 Å². The number of anilines is 2. The average Bonchev–Trinajstić information content (AvgIpc) is 2.45. The summed E-state index contributed by atoms with van der Waals surface area (Å²) in [5, 5.41) is 9.66.